The molecule has 0 aliphatic heterocycles. The molecule has 1 N–H and O–H groups in total. The highest BCUT2D eigenvalue weighted by Crippen LogP contribution is 2.18. The van der Waals surface area contributed by atoms with Crippen molar-refractivity contribution in [3.05, 3.63) is 53.8 Å². The van der Waals surface area contributed by atoms with Crippen molar-refractivity contribution in [3.63, 3.8) is 0 Å². The molecule has 0 spiro atoms. The molecule has 120 valence electrons. The van der Waals surface area contributed by atoms with Crippen LogP contribution in [0.5, 0.6) is 0 Å². The molecule has 1 aromatic rings. The van der Waals surface area contributed by atoms with Gasteiger partial charge in [0, 0.05) is 18.8 Å². The second-order valence-electron chi connectivity index (χ2n) is 4.96. The van der Waals surface area contributed by atoms with E-state index in [4.69, 9.17) is 10.4 Å². The van der Waals surface area contributed by atoms with Crippen LogP contribution >= 0.6 is 0 Å². The Labute approximate surface area is 136 Å². The van der Waals surface area contributed by atoms with E-state index in [1.807, 2.05) is 25.1 Å². The molecule has 0 bridgehead atoms. The van der Waals surface area contributed by atoms with Crippen molar-refractivity contribution in [1.82, 2.24) is 0 Å². The molecule has 1 aromatic carbocycles. The topological polar surface area (TPSA) is 81.4 Å². The van der Waals surface area contributed by atoms with Gasteiger partial charge in [-0.2, -0.15) is 5.26 Å². The number of amides is 1. The van der Waals surface area contributed by atoms with E-state index in [-0.39, 0.29) is 11.5 Å². The molecule has 1 rings (SSSR count). The Kier molecular flexibility index (Phi) is 7.28. The van der Waals surface area contributed by atoms with Crippen LogP contribution in [-0.2, 0) is 9.59 Å². The molecular weight excluding hydrogens is 292 g/mol. The standard InChI is InChI=1S/C18H20N2O3/c1-3-4-8-15(17(13-19)18(22)23)11-12-20(14(2)21)16-9-6-5-7-10-16/h5-7,9-12H,3-4,8H2,1-2H3,(H,22,23). The van der Waals surface area contributed by atoms with Crippen LogP contribution in [0, 0.1) is 11.3 Å². The van der Waals surface area contributed by atoms with E-state index in [2.05, 4.69) is 0 Å². The van der Waals surface area contributed by atoms with E-state index in [0.717, 1.165) is 12.8 Å². The van der Waals surface area contributed by atoms with Crippen molar-refractivity contribution in [2.24, 2.45) is 0 Å². The fraction of sp³-hybridized carbons (Fsp3) is 0.278. The molecule has 0 saturated heterocycles. The Morgan fingerprint density at radius 3 is 2.43 bits per heavy atom. The van der Waals surface area contributed by atoms with Crippen molar-refractivity contribution >= 4 is 17.6 Å². The summed E-state index contributed by atoms with van der Waals surface area (Å²) in [5.41, 5.74) is 0.815. The molecule has 0 radical (unpaired) electrons. The molecule has 5 nitrogen and oxygen atoms in total. The van der Waals surface area contributed by atoms with Gasteiger partial charge >= 0.3 is 5.97 Å². The van der Waals surface area contributed by atoms with Crippen LogP contribution in [-0.4, -0.2) is 17.0 Å². The van der Waals surface area contributed by atoms with E-state index >= 15 is 0 Å². The number of anilines is 1. The highest BCUT2D eigenvalue weighted by atomic mass is 16.4. The second-order valence-corrected chi connectivity index (χ2v) is 4.96. The van der Waals surface area contributed by atoms with Crippen molar-refractivity contribution in [3.8, 4) is 6.07 Å². The number of nitrogens with zero attached hydrogens (tertiary/aromatic N) is 2. The van der Waals surface area contributed by atoms with Gasteiger partial charge in [0.1, 0.15) is 11.6 Å². The first kappa shape index (κ1) is 18.2. The van der Waals surface area contributed by atoms with Gasteiger partial charge in [0.25, 0.3) is 0 Å². The molecule has 0 aromatic heterocycles. The Morgan fingerprint density at radius 2 is 1.96 bits per heavy atom. The van der Waals surface area contributed by atoms with Gasteiger partial charge in [-0.15, -0.1) is 0 Å². The Hall–Kier alpha value is -2.87. The maximum atomic E-state index is 11.8. The monoisotopic (exact) mass is 312 g/mol. The lowest BCUT2D eigenvalue weighted by atomic mass is 10.0. The van der Waals surface area contributed by atoms with Crippen molar-refractivity contribution in [1.29, 1.82) is 5.26 Å². The number of carboxylic acid groups (broad SMARTS) is 1. The summed E-state index contributed by atoms with van der Waals surface area (Å²) >= 11 is 0. The number of benzene rings is 1. The van der Waals surface area contributed by atoms with E-state index in [9.17, 15) is 9.59 Å². The number of carboxylic acids is 1. The molecule has 0 fully saturated rings. The number of carbonyl (C=O) groups excluding carboxylic acids is 1. The zero-order valence-corrected chi connectivity index (χ0v) is 13.3. The van der Waals surface area contributed by atoms with Gasteiger partial charge in [0.2, 0.25) is 5.91 Å². The van der Waals surface area contributed by atoms with Crippen LogP contribution in [0.15, 0.2) is 53.8 Å². The number of aliphatic carboxylic acids is 1. The van der Waals surface area contributed by atoms with Crippen molar-refractivity contribution in [2.75, 3.05) is 4.90 Å². The summed E-state index contributed by atoms with van der Waals surface area (Å²) in [6, 6.07) is 10.8. The largest absolute Gasteiger partial charge is 0.477 e. The highest BCUT2D eigenvalue weighted by Gasteiger charge is 2.13. The number of rotatable bonds is 7. The van der Waals surface area contributed by atoms with Gasteiger partial charge in [-0.05, 0) is 36.6 Å². The summed E-state index contributed by atoms with van der Waals surface area (Å²) in [7, 11) is 0. The summed E-state index contributed by atoms with van der Waals surface area (Å²) in [5.74, 6) is -1.45. The summed E-state index contributed by atoms with van der Waals surface area (Å²) in [5, 5.41) is 18.2. The zero-order chi connectivity index (χ0) is 17.2. The highest BCUT2D eigenvalue weighted by molar-refractivity contribution is 5.94. The molecule has 0 aliphatic carbocycles. The van der Waals surface area contributed by atoms with Crippen molar-refractivity contribution in [2.45, 2.75) is 33.1 Å². The quantitative estimate of drug-likeness (QED) is 0.473. The predicted molar refractivity (Wildman–Crippen MR) is 88.5 cm³/mol. The van der Waals surface area contributed by atoms with Gasteiger partial charge in [-0.3, -0.25) is 9.69 Å². The molecule has 23 heavy (non-hydrogen) atoms. The fourth-order valence-electron chi connectivity index (χ4n) is 2.04. The lowest BCUT2D eigenvalue weighted by Gasteiger charge is -2.16. The van der Waals surface area contributed by atoms with Crippen LogP contribution in [0.4, 0.5) is 5.69 Å². The van der Waals surface area contributed by atoms with Crippen LogP contribution in [0.3, 0.4) is 0 Å². The SMILES string of the molecule is CCCCC(C=CN(C(C)=O)c1ccccc1)=C(C#N)C(=O)O. The Balaban J connectivity index is 3.19. The predicted octanol–water partition coefficient (Wildman–Crippen LogP) is 3.65. The number of para-hydroxylation sites is 1. The Morgan fingerprint density at radius 1 is 1.30 bits per heavy atom. The molecule has 0 unspecified atom stereocenters. The lowest BCUT2D eigenvalue weighted by molar-refractivity contribution is -0.132. The molecule has 0 heterocycles. The summed E-state index contributed by atoms with van der Waals surface area (Å²) in [6.07, 6.45) is 5.18. The van der Waals surface area contributed by atoms with E-state index < -0.39 is 5.97 Å². The molecule has 0 aliphatic rings. The van der Waals surface area contributed by atoms with Crippen LogP contribution in [0.1, 0.15) is 33.1 Å². The molecule has 0 saturated carbocycles. The number of hydrogen-bond donors (Lipinski definition) is 1. The minimum atomic E-state index is -1.25. The fourth-order valence-corrected chi connectivity index (χ4v) is 2.04. The van der Waals surface area contributed by atoms with Gasteiger partial charge in [-0.25, -0.2) is 4.79 Å². The third-order valence-corrected chi connectivity index (χ3v) is 3.24. The summed E-state index contributed by atoms with van der Waals surface area (Å²) in [4.78, 5) is 24.4. The summed E-state index contributed by atoms with van der Waals surface area (Å²) < 4.78 is 0. The van der Waals surface area contributed by atoms with Crippen LogP contribution in [0.2, 0.25) is 0 Å². The van der Waals surface area contributed by atoms with E-state index in [1.165, 1.54) is 24.1 Å². The first-order valence-electron chi connectivity index (χ1n) is 7.40. The third-order valence-electron chi connectivity index (χ3n) is 3.24. The minimum absolute atomic E-state index is 0.198. The van der Waals surface area contributed by atoms with E-state index in [0.29, 0.717) is 17.7 Å². The first-order chi connectivity index (χ1) is 11.0. The van der Waals surface area contributed by atoms with Gasteiger partial charge < -0.3 is 5.11 Å². The second kappa shape index (κ2) is 9.21. The smallest absolute Gasteiger partial charge is 0.346 e. The molecule has 0 atom stereocenters. The summed E-state index contributed by atoms with van der Waals surface area (Å²) in [6.45, 7) is 3.41. The van der Waals surface area contributed by atoms with Crippen molar-refractivity contribution < 1.29 is 14.7 Å². The number of carbonyl (C=O) groups is 2. The zero-order valence-electron chi connectivity index (χ0n) is 13.3. The maximum Gasteiger partial charge on any atom is 0.346 e. The van der Waals surface area contributed by atoms with Gasteiger partial charge in [0.15, 0.2) is 0 Å². The third kappa shape index (κ3) is 5.44. The van der Waals surface area contributed by atoms with Gasteiger partial charge in [-0.1, -0.05) is 31.5 Å². The maximum absolute atomic E-state index is 11.8. The number of unbranched alkanes of at least 4 members (excludes halogenated alkanes) is 1. The average molecular weight is 312 g/mol. The Bertz CT molecular complexity index is 655. The molecule has 5 heteroatoms. The average Bonchev–Trinajstić information content (AvgIpc) is 2.53. The minimum Gasteiger partial charge on any atom is -0.477 e. The van der Waals surface area contributed by atoms with Gasteiger partial charge in [0.05, 0.1) is 0 Å². The van der Waals surface area contributed by atoms with Crippen LogP contribution in [0.25, 0.3) is 0 Å². The van der Waals surface area contributed by atoms with E-state index in [1.54, 1.807) is 18.2 Å². The number of nitriles is 1. The lowest BCUT2D eigenvalue weighted by Crippen LogP contribution is -2.21. The normalized spacial score (nSPS) is 11.7. The van der Waals surface area contributed by atoms with Crippen LogP contribution < -0.4 is 4.90 Å². The molecular formula is C18H20N2O3. The number of allylic oxidation sites excluding steroid dienone is 2. The number of hydrogen-bond acceptors (Lipinski definition) is 3. The first-order valence-corrected chi connectivity index (χ1v) is 7.40. The molecule has 1 amide bonds.